The number of likely N-dealkylation sites (tertiary alicyclic amines) is 1. The summed E-state index contributed by atoms with van der Waals surface area (Å²) in [6, 6.07) is 13.3. The molecule has 10 heteroatoms. The number of methoxy groups -OCH3 is 2. The molecule has 2 aliphatic heterocycles. The highest BCUT2D eigenvalue weighted by Gasteiger charge is 2.33. The van der Waals surface area contributed by atoms with Crippen LogP contribution in [0.1, 0.15) is 43.2 Å². The molecule has 2 saturated heterocycles. The average molecular weight is 636 g/mol. The van der Waals surface area contributed by atoms with Gasteiger partial charge in [-0.1, -0.05) is 23.4 Å². The molecule has 0 spiro atoms. The molecule has 3 heterocycles. The fourth-order valence-corrected chi connectivity index (χ4v) is 6.18. The lowest BCUT2D eigenvalue weighted by Gasteiger charge is -2.35. The molecule has 0 amide bonds. The van der Waals surface area contributed by atoms with E-state index in [1.165, 1.54) is 5.56 Å². The maximum absolute atomic E-state index is 12.1. The summed E-state index contributed by atoms with van der Waals surface area (Å²) < 4.78 is 10.7. The first-order valence-electron chi connectivity index (χ1n) is 15.4. The molecule has 0 radical (unpaired) electrons. The number of carbonyl (C=O) groups is 2. The van der Waals surface area contributed by atoms with Gasteiger partial charge in [-0.3, -0.25) is 19.5 Å². The van der Waals surface area contributed by atoms with Crippen LogP contribution in [0, 0.1) is 29.6 Å². The highest BCUT2D eigenvalue weighted by Crippen LogP contribution is 2.30. The van der Waals surface area contributed by atoms with Gasteiger partial charge in [0, 0.05) is 29.7 Å². The van der Waals surface area contributed by atoms with Crippen LogP contribution in [0.2, 0.25) is 5.02 Å². The van der Waals surface area contributed by atoms with Gasteiger partial charge < -0.3 is 25.0 Å². The Hall–Kier alpha value is -3.84. The van der Waals surface area contributed by atoms with Crippen molar-refractivity contribution < 1.29 is 29.3 Å². The van der Waals surface area contributed by atoms with Gasteiger partial charge in [-0.25, -0.2) is 0 Å². The number of rotatable bonds is 9. The Balaban J connectivity index is 0.000000440. The fourth-order valence-electron chi connectivity index (χ4n) is 6.01. The van der Waals surface area contributed by atoms with Crippen molar-refractivity contribution in [2.45, 2.75) is 38.5 Å². The third-order valence-corrected chi connectivity index (χ3v) is 8.79. The Bertz CT molecular complexity index is 1510. The quantitative estimate of drug-likeness (QED) is 0.266. The van der Waals surface area contributed by atoms with Crippen molar-refractivity contribution in [1.29, 1.82) is 0 Å². The summed E-state index contributed by atoms with van der Waals surface area (Å²) in [4.78, 5) is 29.0. The number of benzene rings is 2. The molecule has 2 aliphatic rings. The van der Waals surface area contributed by atoms with Gasteiger partial charge >= 0.3 is 11.9 Å². The van der Waals surface area contributed by atoms with Gasteiger partial charge in [-0.05, 0) is 106 Å². The first kappa shape index (κ1) is 34.0. The van der Waals surface area contributed by atoms with Gasteiger partial charge in [0.05, 0.1) is 43.7 Å². The molecule has 0 aliphatic carbocycles. The summed E-state index contributed by atoms with van der Waals surface area (Å²) in [5.41, 5.74) is 2.90. The van der Waals surface area contributed by atoms with Crippen LogP contribution in [0.15, 0.2) is 48.7 Å². The summed E-state index contributed by atoms with van der Waals surface area (Å²) in [5, 5.41) is 23.2. The zero-order chi connectivity index (χ0) is 32.2. The van der Waals surface area contributed by atoms with Crippen LogP contribution in [0.3, 0.4) is 0 Å². The lowest BCUT2D eigenvalue weighted by Crippen LogP contribution is -2.44. The van der Waals surface area contributed by atoms with E-state index in [2.05, 4.69) is 27.0 Å². The van der Waals surface area contributed by atoms with Crippen molar-refractivity contribution in [1.82, 2.24) is 15.2 Å². The van der Waals surface area contributed by atoms with Crippen LogP contribution >= 0.6 is 11.6 Å². The number of nitrogens with zero attached hydrogens (tertiary/aromatic N) is 2. The molecular weight excluding hydrogens is 594 g/mol. The summed E-state index contributed by atoms with van der Waals surface area (Å²) in [6.07, 6.45) is 7.21. The molecule has 1 unspecified atom stereocenters. The van der Waals surface area contributed by atoms with E-state index < -0.39 is 17.9 Å². The van der Waals surface area contributed by atoms with E-state index >= 15 is 0 Å². The van der Waals surface area contributed by atoms with Gasteiger partial charge in [0.2, 0.25) is 0 Å². The van der Waals surface area contributed by atoms with Crippen LogP contribution in [0.5, 0.6) is 11.5 Å². The predicted octanol–water partition coefficient (Wildman–Crippen LogP) is 5.37. The highest BCUT2D eigenvalue weighted by molar-refractivity contribution is 6.30. The molecule has 9 nitrogen and oxygen atoms in total. The van der Waals surface area contributed by atoms with Crippen molar-refractivity contribution in [3.63, 3.8) is 0 Å². The van der Waals surface area contributed by atoms with Gasteiger partial charge in [0.15, 0.2) is 0 Å². The molecule has 0 saturated carbocycles. The number of fused-ring (bicyclic) bond motifs is 1. The standard InChI is InChI=1S/C29H31ClN2O4.C6H11NO2/c1-35-24-9-10-27-25(18-24)20(12-14-31-27)5-3-6-21-13-16-32(19-26(21)29(33)34)15-4-7-22-17-23(30)8-11-28(22)36-2;8-6(9)5-2-1-3-7-4-5/h8-12,14,17-18,21,26H,3,5-6,13,15-16,19H2,1-2H3,(H,33,34);5,7H,1-4H2,(H,8,9)/t21-,26+;/m1./s1. The van der Waals surface area contributed by atoms with E-state index in [0.717, 1.165) is 73.8 Å². The Labute approximate surface area is 269 Å². The van der Waals surface area contributed by atoms with E-state index in [-0.39, 0.29) is 11.8 Å². The number of hydrogen-bond donors (Lipinski definition) is 3. The SMILES string of the molecule is COc1ccc2nccc(CCC[C@@H]3CCN(CC#Cc4cc(Cl)ccc4OC)C[C@@H]3C(=O)O)c2c1.O=C(O)C1CCCNC1. The third-order valence-electron chi connectivity index (χ3n) is 8.55. The first-order chi connectivity index (χ1) is 21.8. The number of nitrogens with one attached hydrogen (secondary N) is 1. The number of ether oxygens (including phenoxy) is 2. The molecule has 45 heavy (non-hydrogen) atoms. The van der Waals surface area contributed by atoms with Crippen LogP contribution in [-0.4, -0.2) is 79.0 Å². The van der Waals surface area contributed by atoms with E-state index in [1.54, 1.807) is 32.4 Å². The zero-order valence-corrected chi connectivity index (χ0v) is 26.7. The molecule has 1 aromatic heterocycles. The van der Waals surface area contributed by atoms with Crippen LogP contribution in [-0.2, 0) is 16.0 Å². The van der Waals surface area contributed by atoms with E-state index in [1.807, 2.05) is 30.5 Å². The second-order valence-corrected chi connectivity index (χ2v) is 11.9. The van der Waals surface area contributed by atoms with E-state index in [9.17, 15) is 14.7 Å². The Kier molecular flexibility index (Phi) is 12.9. The lowest BCUT2D eigenvalue weighted by molar-refractivity contribution is -0.146. The van der Waals surface area contributed by atoms with Gasteiger partial charge in [0.1, 0.15) is 11.5 Å². The number of aryl methyl sites for hydroxylation is 1. The Morgan fingerprint density at radius 3 is 2.62 bits per heavy atom. The summed E-state index contributed by atoms with van der Waals surface area (Å²) >= 11 is 6.09. The fraction of sp³-hybridized carbons (Fsp3) is 0.457. The van der Waals surface area contributed by atoms with Gasteiger partial charge in [-0.2, -0.15) is 0 Å². The maximum Gasteiger partial charge on any atom is 0.308 e. The molecular formula is C35H42ClN3O6. The minimum Gasteiger partial charge on any atom is -0.497 e. The third kappa shape index (κ3) is 9.82. The van der Waals surface area contributed by atoms with E-state index in [4.69, 9.17) is 26.2 Å². The van der Waals surface area contributed by atoms with Crippen molar-refractivity contribution >= 4 is 34.4 Å². The second kappa shape index (κ2) is 17.0. The normalized spacial score (nSPS) is 19.8. The number of aliphatic carboxylic acids is 2. The maximum atomic E-state index is 12.1. The number of carboxylic acid groups (broad SMARTS) is 2. The Morgan fingerprint density at radius 1 is 1.09 bits per heavy atom. The van der Waals surface area contributed by atoms with Crippen molar-refractivity contribution in [2.75, 3.05) is 46.9 Å². The lowest BCUT2D eigenvalue weighted by atomic mass is 9.81. The Morgan fingerprint density at radius 2 is 1.93 bits per heavy atom. The predicted molar refractivity (Wildman–Crippen MR) is 175 cm³/mol. The van der Waals surface area contributed by atoms with Crippen LogP contribution in [0.25, 0.3) is 10.9 Å². The summed E-state index contributed by atoms with van der Waals surface area (Å²) in [7, 11) is 3.26. The zero-order valence-electron chi connectivity index (χ0n) is 25.9. The minimum atomic E-state index is -0.728. The largest absolute Gasteiger partial charge is 0.497 e. The second-order valence-electron chi connectivity index (χ2n) is 11.5. The molecule has 3 N–H and O–H groups in total. The van der Waals surface area contributed by atoms with Crippen LogP contribution < -0.4 is 14.8 Å². The topological polar surface area (TPSA) is 121 Å². The molecule has 2 fully saturated rings. The monoisotopic (exact) mass is 635 g/mol. The molecule has 3 aromatic rings. The average Bonchev–Trinajstić information content (AvgIpc) is 3.06. The van der Waals surface area contributed by atoms with E-state index in [0.29, 0.717) is 30.4 Å². The van der Waals surface area contributed by atoms with Crippen molar-refractivity contribution in [3.05, 3.63) is 64.8 Å². The molecule has 3 atom stereocenters. The summed E-state index contributed by atoms with van der Waals surface area (Å²) in [6.45, 7) is 3.48. The molecule has 2 aromatic carbocycles. The number of aromatic nitrogens is 1. The van der Waals surface area contributed by atoms with Crippen molar-refractivity contribution in [2.24, 2.45) is 17.8 Å². The molecule has 0 bridgehead atoms. The molecule has 240 valence electrons. The number of carboxylic acids is 2. The molecule has 5 rings (SSSR count). The number of pyridine rings is 1. The first-order valence-corrected chi connectivity index (χ1v) is 15.8. The number of halogens is 1. The number of piperidine rings is 2. The number of hydrogen-bond acceptors (Lipinski definition) is 7. The van der Waals surface area contributed by atoms with Crippen molar-refractivity contribution in [3.8, 4) is 23.3 Å². The van der Waals surface area contributed by atoms with Gasteiger partial charge in [0.25, 0.3) is 0 Å². The summed E-state index contributed by atoms with van der Waals surface area (Å²) in [5.74, 6) is 6.00. The highest BCUT2D eigenvalue weighted by atomic mass is 35.5. The minimum absolute atomic E-state index is 0.140. The smallest absolute Gasteiger partial charge is 0.308 e. The van der Waals surface area contributed by atoms with Gasteiger partial charge in [-0.15, -0.1) is 0 Å². The van der Waals surface area contributed by atoms with Crippen LogP contribution in [0.4, 0.5) is 0 Å².